The molecule has 19 heavy (non-hydrogen) atoms. The van der Waals surface area contributed by atoms with Crippen LogP contribution in [-0.2, 0) is 19.4 Å². The molecule has 0 bridgehead atoms. The van der Waals surface area contributed by atoms with Crippen molar-refractivity contribution >= 4 is 11.6 Å². The molecule has 3 rings (SSSR count). The number of hydrogen-bond donors (Lipinski definition) is 1. The zero-order valence-corrected chi connectivity index (χ0v) is 11.3. The summed E-state index contributed by atoms with van der Waals surface area (Å²) >= 11 is 6.02. The van der Waals surface area contributed by atoms with Crippen LogP contribution >= 0.6 is 11.6 Å². The fourth-order valence-electron chi connectivity index (χ4n) is 2.65. The van der Waals surface area contributed by atoms with Gasteiger partial charge >= 0.3 is 0 Å². The molecule has 1 aliphatic rings. The van der Waals surface area contributed by atoms with E-state index in [0.717, 1.165) is 12.8 Å². The highest BCUT2D eigenvalue weighted by atomic mass is 35.5. The summed E-state index contributed by atoms with van der Waals surface area (Å²) in [6, 6.07) is 13.6. The van der Waals surface area contributed by atoms with E-state index in [1.165, 1.54) is 17.2 Å². The minimum Gasteiger partial charge on any atom is -0.309 e. The van der Waals surface area contributed by atoms with Crippen LogP contribution in [0, 0.1) is 5.82 Å². The first-order chi connectivity index (χ1) is 9.24. The van der Waals surface area contributed by atoms with E-state index in [9.17, 15) is 4.39 Å². The van der Waals surface area contributed by atoms with Crippen LogP contribution in [0.2, 0.25) is 5.02 Å². The molecule has 0 heterocycles. The molecular formula is C16H15ClFN. The van der Waals surface area contributed by atoms with Gasteiger partial charge in [-0.25, -0.2) is 4.39 Å². The smallest absolute Gasteiger partial charge is 0.129 e. The van der Waals surface area contributed by atoms with Crippen LogP contribution in [0.25, 0.3) is 0 Å². The predicted molar refractivity (Wildman–Crippen MR) is 75.9 cm³/mol. The van der Waals surface area contributed by atoms with Gasteiger partial charge < -0.3 is 5.32 Å². The molecule has 0 saturated carbocycles. The SMILES string of the molecule is Fc1cccc(Cl)c1CNC1Cc2ccccc2C1. The second-order valence-corrected chi connectivity index (χ2v) is 5.36. The number of rotatable bonds is 3. The maximum Gasteiger partial charge on any atom is 0.129 e. The summed E-state index contributed by atoms with van der Waals surface area (Å²) in [6.45, 7) is 0.476. The van der Waals surface area contributed by atoms with Crippen LogP contribution in [0.15, 0.2) is 42.5 Å². The fraction of sp³-hybridized carbons (Fsp3) is 0.250. The van der Waals surface area contributed by atoms with Crippen molar-refractivity contribution in [2.24, 2.45) is 0 Å². The van der Waals surface area contributed by atoms with Crippen LogP contribution in [0.3, 0.4) is 0 Å². The fourth-order valence-corrected chi connectivity index (χ4v) is 2.88. The standard InChI is InChI=1S/C16H15ClFN/c17-15-6-3-7-16(18)14(15)10-19-13-8-11-4-1-2-5-12(11)9-13/h1-7,13,19H,8-10H2. The van der Waals surface area contributed by atoms with E-state index in [-0.39, 0.29) is 5.82 Å². The van der Waals surface area contributed by atoms with Crippen molar-refractivity contribution in [3.8, 4) is 0 Å². The summed E-state index contributed by atoms with van der Waals surface area (Å²) in [7, 11) is 0. The van der Waals surface area contributed by atoms with Crippen molar-refractivity contribution in [1.82, 2.24) is 5.32 Å². The summed E-state index contributed by atoms with van der Waals surface area (Å²) in [4.78, 5) is 0. The Labute approximate surface area is 117 Å². The van der Waals surface area contributed by atoms with Crippen molar-refractivity contribution in [2.45, 2.75) is 25.4 Å². The first kappa shape index (κ1) is 12.6. The first-order valence-corrected chi connectivity index (χ1v) is 6.85. The van der Waals surface area contributed by atoms with Gasteiger partial charge in [0.1, 0.15) is 5.82 Å². The third-order valence-electron chi connectivity index (χ3n) is 3.68. The Hall–Kier alpha value is -1.38. The Morgan fingerprint density at radius 2 is 1.74 bits per heavy atom. The monoisotopic (exact) mass is 275 g/mol. The van der Waals surface area contributed by atoms with E-state index in [0.29, 0.717) is 23.2 Å². The minimum absolute atomic E-state index is 0.240. The normalized spacial score (nSPS) is 14.6. The molecule has 0 amide bonds. The quantitative estimate of drug-likeness (QED) is 0.900. The Morgan fingerprint density at radius 1 is 1.05 bits per heavy atom. The average molecular weight is 276 g/mol. The van der Waals surface area contributed by atoms with Gasteiger partial charge in [0.05, 0.1) is 0 Å². The van der Waals surface area contributed by atoms with Crippen LogP contribution in [0.1, 0.15) is 16.7 Å². The van der Waals surface area contributed by atoms with Gasteiger partial charge in [-0.15, -0.1) is 0 Å². The first-order valence-electron chi connectivity index (χ1n) is 6.47. The molecular weight excluding hydrogens is 261 g/mol. The summed E-state index contributed by atoms with van der Waals surface area (Å²) in [6.07, 6.45) is 2.00. The Bertz CT molecular complexity index is 552. The van der Waals surface area contributed by atoms with Crippen molar-refractivity contribution in [3.63, 3.8) is 0 Å². The molecule has 0 unspecified atom stereocenters. The molecule has 2 aromatic rings. The van der Waals surface area contributed by atoms with Gasteiger partial charge in [-0.3, -0.25) is 0 Å². The highest BCUT2D eigenvalue weighted by Crippen LogP contribution is 2.23. The number of fused-ring (bicyclic) bond motifs is 1. The van der Waals surface area contributed by atoms with Crippen LogP contribution in [0.4, 0.5) is 4.39 Å². The second-order valence-electron chi connectivity index (χ2n) is 4.95. The number of benzene rings is 2. The van der Waals surface area contributed by atoms with Gasteiger partial charge in [0.15, 0.2) is 0 Å². The van der Waals surface area contributed by atoms with E-state index in [1.54, 1.807) is 12.1 Å². The van der Waals surface area contributed by atoms with E-state index < -0.39 is 0 Å². The van der Waals surface area contributed by atoms with Gasteiger partial charge in [-0.1, -0.05) is 41.9 Å². The molecule has 0 atom stereocenters. The molecule has 98 valence electrons. The molecule has 1 aliphatic carbocycles. The zero-order valence-electron chi connectivity index (χ0n) is 10.5. The highest BCUT2D eigenvalue weighted by molar-refractivity contribution is 6.31. The van der Waals surface area contributed by atoms with Crippen molar-refractivity contribution in [2.75, 3.05) is 0 Å². The van der Waals surface area contributed by atoms with Crippen LogP contribution in [0.5, 0.6) is 0 Å². The lowest BCUT2D eigenvalue weighted by Gasteiger charge is -2.13. The molecule has 0 spiro atoms. The highest BCUT2D eigenvalue weighted by Gasteiger charge is 2.20. The van der Waals surface area contributed by atoms with Crippen molar-refractivity contribution < 1.29 is 4.39 Å². The van der Waals surface area contributed by atoms with E-state index in [1.807, 2.05) is 0 Å². The number of hydrogen-bond acceptors (Lipinski definition) is 1. The maximum absolute atomic E-state index is 13.7. The summed E-state index contributed by atoms with van der Waals surface area (Å²) < 4.78 is 13.7. The number of halogens is 2. The summed E-state index contributed by atoms with van der Waals surface area (Å²) in [5.74, 6) is -0.240. The average Bonchev–Trinajstić information content (AvgIpc) is 2.81. The van der Waals surface area contributed by atoms with Crippen molar-refractivity contribution in [3.05, 3.63) is 70.0 Å². The van der Waals surface area contributed by atoms with Crippen molar-refractivity contribution in [1.29, 1.82) is 0 Å². The van der Waals surface area contributed by atoms with Gasteiger partial charge in [0, 0.05) is 23.2 Å². The maximum atomic E-state index is 13.7. The van der Waals surface area contributed by atoms with E-state index >= 15 is 0 Å². The summed E-state index contributed by atoms with van der Waals surface area (Å²) in [5, 5.41) is 3.89. The Morgan fingerprint density at radius 3 is 2.37 bits per heavy atom. The van der Waals surface area contributed by atoms with Gasteiger partial charge in [0.25, 0.3) is 0 Å². The van der Waals surface area contributed by atoms with Gasteiger partial charge in [-0.2, -0.15) is 0 Å². The Balaban J connectivity index is 1.66. The third kappa shape index (κ3) is 2.65. The van der Waals surface area contributed by atoms with Crippen LogP contribution in [-0.4, -0.2) is 6.04 Å². The van der Waals surface area contributed by atoms with E-state index in [2.05, 4.69) is 29.6 Å². The summed E-state index contributed by atoms with van der Waals surface area (Å²) in [5.41, 5.74) is 3.33. The van der Waals surface area contributed by atoms with Crippen LogP contribution < -0.4 is 5.32 Å². The topological polar surface area (TPSA) is 12.0 Å². The second kappa shape index (κ2) is 5.32. The molecule has 0 aromatic heterocycles. The molecule has 1 nitrogen and oxygen atoms in total. The van der Waals surface area contributed by atoms with E-state index in [4.69, 9.17) is 11.6 Å². The molecule has 0 aliphatic heterocycles. The molecule has 0 radical (unpaired) electrons. The lowest BCUT2D eigenvalue weighted by molar-refractivity contribution is 0.516. The lowest BCUT2D eigenvalue weighted by Crippen LogP contribution is -2.29. The molecule has 1 N–H and O–H groups in total. The third-order valence-corrected chi connectivity index (χ3v) is 4.03. The molecule has 3 heteroatoms. The molecule has 0 fully saturated rings. The Kier molecular flexibility index (Phi) is 3.54. The largest absolute Gasteiger partial charge is 0.309 e. The van der Waals surface area contributed by atoms with Gasteiger partial charge in [-0.05, 0) is 36.1 Å². The molecule has 2 aromatic carbocycles. The van der Waals surface area contributed by atoms with Gasteiger partial charge in [0.2, 0.25) is 0 Å². The minimum atomic E-state index is -0.240. The predicted octanol–water partition coefficient (Wildman–Crippen LogP) is 3.74. The lowest BCUT2D eigenvalue weighted by atomic mass is 10.1. The zero-order chi connectivity index (χ0) is 13.2. The molecule has 0 saturated heterocycles. The number of nitrogens with one attached hydrogen (secondary N) is 1.